The number of aromatic amines is 1. The van der Waals surface area contributed by atoms with Crippen molar-refractivity contribution >= 4 is 39.4 Å². The lowest BCUT2D eigenvalue weighted by atomic mass is 10.1. The van der Waals surface area contributed by atoms with Crippen LogP contribution in [0.3, 0.4) is 0 Å². The largest absolute Gasteiger partial charge is 0.491 e. The number of pyridine rings is 1. The summed E-state index contributed by atoms with van der Waals surface area (Å²) in [6.07, 6.45) is 1.01. The monoisotopic (exact) mass is 528 g/mol. The normalized spacial score (nSPS) is 17.2. The van der Waals surface area contributed by atoms with Gasteiger partial charge in [-0.2, -0.15) is 4.39 Å². The zero-order valence-corrected chi connectivity index (χ0v) is 20.5. The van der Waals surface area contributed by atoms with Gasteiger partial charge < -0.3 is 20.2 Å². The van der Waals surface area contributed by atoms with Crippen molar-refractivity contribution in [3.8, 4) is 16.9 Å². The minimum absolute atomic E-state index is 0.0874. The maximum atomic E-state index is 14.1. The fraction of sp³-hybridized carbons (Fsp3) is 0.200. The second-order valence-corrected chi connectivity index (χ2v) is 10.1. The maximum Gasteiger partial charge on any atom is 0.266 e. The number of nitrogens with zero attached hydrogens (tertiary/aromatic N) is 2. The molecule has 186 valence electrons. The van der Waals surface area contributed by atoms with Gasteiger partial charge in [0.1, 0.15) is 35.1 Å². The van der Waals surface area contributed by atoms with E-state index in [1.165, 1.54) is 6.20 Å². The van der Waals surface area contributed by atoms with Gasteiger partial charge in [-0.1, -0.05) is 23.7 Å². The first-order chi connectivity index (χ1) is 17.4. The maximum absolute atomic E-state index is 14.1. The SMILES string of the molecule is NC(=O)c1[nH]c2ccc(Cl)cc2c1S(=O)N1CCOC(COc2cccc(-c3cccnc3F)c2)C1. The van der Waals surface area contributed by atoms with Gasteiger partial charge in [0.2, 0.25) is 5.95 Å². The number of aromatic nitrogens is 2. The summed E-state index contributed by atoms with van der Waals surface area (Å²) < 4.78 is 41.1. The van der Waals surface area contributed by atoms with Gasteiger partial charge in [0, 0.05) is 40.8 Å². The van der Waals surface area contributed by atoms with Crippen LogP contribution in [-0.4, -0.2) is 56.8 Å². The Labute approximate surface area is 213 Å². The highest BCUT2D eigenvalue weighted by atomic mass is 35.5. The number of fused-ring (bicyclic) bond motifs is 1. The van der Waals surface area contributed by atoms with E-state index in [0.717, 1.165) is 0 Å². The van der Waals surface area contributed by atoms with Crippen molar-refractivity contribution in [1.82, 2.24) is 14.3 Å². The van der Waals surface area contributed by atoms with E-state index in [0.29, 0.717) is 57.4 Å². The molecule has 1 aliphatic heterocycles. The Hall–Kier alpha value is -3.31. The van der Waals surface area contributed by atoms with Crippen LogP contribution in [0.15, 0.2) is 65.7 Å². The summed E-state index contributed by atoms with van der Waals surface area (Å²) in [6.45, 7) is 1.21. The van der Waals surface area contributed by atoms with Gasteiger partial charge in [0.05, 0.1) is 11.5 Å². The van der Waals surface area contributed by atoms with Crippen molar-refractivity contribution in [2.75, 3.05) is 26.3 Å². The van der Waals surface area contributed by atoms with E-state index in [1.54, 1.807) is 58.9 Å². The van der Waals surface area contributed by atoms with Gasteiger partial charge in [-0.3, -0.25) is 4.79 Å². The third kappa shape index (κ3) is 4.98. The Morgan fingerprint density at radius 2 is 2.14 bits per heavy atom. The zero-order chi connectivity index (χ0) is 25.2. The number of H-pyrrole nitrogens is 1. The molecule has 1 aliphatic rings. The average Bonchev–Trinajstić information content (AvgIpc) is 3.26. The number of benzene rings is 2. The predicted octanol–water partition coefficient (Wildman–Crippen LogP) is 3.92. The summed E-state index contributed by atoms with van der Waals surface area (Å²) in [6, 6.07) is 15.4. The van der Waals surface area contributed by atoms with Crippen LogP contribution in [0, 0.1) is 5.95 Å². The molecule has 0 radical (unpaired) electrons. The molecule has 4 aromatic rings. The molecule has 0 spiro atoms. The molecular weight excluding hydrogens is 507 g/mol. The van der Waals surface area contributed by atoms with Crippen molar-refractivity contribution in [2.24, 2.45) is 5.73 Å². The van der Waals surface area contributed by atoms with Gasteiger partial charge in [-0.25, -0.2) is 13.5 Å². The molecule has 8 nitrogen and oxygen atoms in total. The van der Waals surface area contributed by atoms with Crippen molar-refractivity contribution in [1.29, 1.82) is 0 Å². The van der Waals surface area contributed by atoms with E-state index in [9.17, 15) is 13.4 Å². The van der Waals surface area contributed by atoms with E-state index in [4.69, 9.17) is 26.8 Å². The second kappa shape index (κ2) is 10.4. The second-order valence-electron chi connectivity index (χ2n) is 8.19. The third-order valence-electron chi connectivity index (χ3n) is 5.81. The molecule has 0 saturated carbocycles. The minimum atomic E-state index is -1.70. The number of carbonyl (C=O) groups is 1. The summed E-state index contributed by atoms with van der Waals surface area (Å²) in [7, 11) is -1.70. The van der Waals surface area contributed by atoms with Gasteiger partial charge in [-0.05, 0) is 48.0 Å². The number of rotatable bonds is 7. The fourth-order valence-corrected chi connectivity index (χ4v) is 5.77. The molecule has 0 bridgehead atoms. The third-order valence-corrected chi connectivity index (χ3v) is 7.62. The number of carbonyl (C=O) groups excluding carboxylic acids is 1. The molecular formula is C25H22ClFN4O4S. The number of morpholine rings is 1. The molecule has 2 aromatic heterocycles. The first kappa shape index (κ1) is 24.4. The Kier molecular flexibility index (Phi) is 7.01. The number of amides is 1. The number of hydrogen-bond donors (Lipinski definition) is 2. The first-order valence-corrected chi connectivity index (χ1v) is 12.6. The van der Waals surface area contributed by atoms with Crippen LogP contribution in [0.25, 0.3) is 22.0 Å². The number of hydrogen-bond acceptors (Lipinski definition) is 5. The lowest BCUT2D eigenvalue weighted by molar-refractivity contribution is -0.0237. The highest BCUT2D eigenvalue weighted by molar-refractivity contribution is 7.83. The topological polar surface area (TPSA) is 111 Å². The van der Waals surface area contributed by atoms with Gasteiger partial charge >= 0.3 is 0 Å². The summed E-state index contributed by atoms with van der Waals surface area (Å²) in [4.78, 5) is 19.0. The standard InChI is InChI=1S/C25H22ClFN4O4S/c26-16-6-7-21-20(12-16)23(22(30-21)25(28)32)36(33)31-9-10-34-18(13-31)14-35-17-4-1-3-15(11-17)19-5-2-8-29-24(19)27/h1-8,11-12,18,30H,9-10,13-14H2,(H2,28,32). The zero-order valence-electron chi connectivity index (χ0n) is 18.9. The quantitative estimate of drug-likeness (QED) is 0.353. The molecule has 2 atom stereocenters. The Morgan fingerprint density at radius 1 is 1.28 bits per heavy atom. The summed E-state index contributed by atoms with van der Waals surface area (Å²) in [5.74, 6) is -0.721. The van der Waals surface area contributed by atoms with Crippen LogP contribution in [-0.2, 0) is 15.7 Å². The van der Waals surface area contributed by atoms with E-state index in [2.05, 4.69) is 9.97 Å². The average molecular weight is 529 g/mol. The van der Waals surface area contributed by atoms with Crippen molar-refractivity contribution in [3.05, 3.63) is 77.5 Å². The smallest absolute Gasteiger partial charge is 0.266 e. The first-order valence-electron chi connectivity index (χ1n) is 11.1. The molecule has 1 fully saturated rings. The molecule has 36 heavy (non-hydrogen) atoms. The highest BCUT2D eigenvalue weighted by Gasteiger charge is 2.30. The van der Waals surface area contributed by atoms with Crippen LogP contribution in [0.4, 0.5) is 4.39 Å². The summed E-state index contributed by atoms with van der Waals surface area (Å²) in [5.41, 5.74) is 7.28. The number of nitrogens with two attached hydrogens (primary N) is 1. The summed E-state index contributed by atoms with van der Waals surface area (Å²) >= 11 is 6.15. The Morgan fingerprint density at radius 3 is 2.94 bits per heavy atom. The van der Waals surface area contributed by atoms with Gasteiger partial charge in [0.15, 0.2) is 0 Å². The molecule has 0 aliphatic carbocycles. The highest BCUT2D eigenvalue weighted by Crippen LogP contribution is 2.30. The van der Waals surface area contributed by atoms with E-state index in [-0.39, 0.29) is 18.4 Å². The van der Waals surface area contributed by atoms with Crippen molar-refractivity contribution in [2.45, 2.75) is 11.0 Å². The molecule has 11 heteroatoms. The van der Waals surface area contributed by atoms with Gasteiger partial charge in [-0.15, -0.1) is 0 Å². The Balaban J connectivity index is 1.31. The van der Waals surface area contributed by atoms with Crippen LogP contribution in [0.2, 0.25) is 5.02 Å². The molecule has 5 rings (SSSR count). The van der Waals surface area contributed by atoms with Crippen LogP contribution in [0.1, 0.15) is 10.5 Å². The van der Waals surface area contributed by atoms with E-state index >= 15 is 0 Å². The summed E-state index contributed by atoms with van der Waals surface area (Å²) in [5, 5.41) is 1.03. The molecule has 3 N–H and O–H groups in total. The molecule has 1 saturated heterocycles. The minimum Gasteiger partial charge on any atom is -0.491 e. The van der Waals surface area contributed by atoms with Crippen LogP contribution < -0.4 is 10.5 Å². The van der Waals surface area contributed by atoms with E-state index in [1.807, 2.05) is 0 Å². The fourth-order valence-electron chi connectivity index (χ4n) is 4.11. The number of primary amides is 1. The van der Waals surface area contributed by atoms with Gasteiger partial charge in [0.25, 0.3) is 5.91 Å². The molecule has 2 unspecified atom stereocenters. The number of halogens is 2. The van der Waals surface area contributed by atoms with E-state index < -0.39 is 22.8 Å². The Bertz CT molecular complexity index is 1460. The van der Waals surface area contributed by atoms with Crippen molar-refractivity contribution in [3.63, 3.8) is 0 Å². The lowest BCUT2D eigenvalue weighted by Crippen LogP contribution is -2.45. The molecule has 1 amide bonds. The number of nitrogens with one attached hydrogen (secondary N) is 1. The predicted molar refractivity (Wildman–Crippen MR) is 135 cm³/mol. The van der Waals surface area contributed by atoms with Crippen LogP contribution >= 0.6 is 11.6 Å². The molecule has 3 heterocycles. The van der Waals surface area contributed by atoms with Crippen molar-refractivity contribution < 1.29 is 22.9 Å². The molecule has 2 aromatic carbocycles. The lowest BCUT2D eigenvalue weighted by Gasteiger charge is -2.31. The van der Waals surface area contributed by atoms with Crippen LogP contribution in [0.5, 0.6) is 5.75 Å². The number of ether oxygens (including phenoxy) is 2.